The van der Waals surface area contributed by atoms with Crippen LogP contribution in [-0.2, 0) is 9.59 Å². The molecule has 0 spiro atoms. The van der Waals surface area contributed by atoms with Crippen molar-refractivity contribution >= 4 is 40.0 Å². The Hall–Kier alpha value is -1.15. The van der Waals surface area contributed by atoms with Crippen LogP contribution in [0.4, 0.5) is 5.13 Å². The molecule has 18 heavy (non-hydrogen) atoms. The lowest BCUT2D eigenvalue weighted by molar-refractivity contribution is -0.127. The minimum Gasteiger partial charge on any atom is -0.360 e. The zero-order valence-electron chi connectivity index (χ0n) is 10.5. The largest absolute Gasteiger partial charge is 0.360 e. The summed E-state index contributed by atoms with van der Waals surface area (Å²) < 4.78 is 0.708. The molecule has 1 heterocycles. The highest BCUT2D eigenvalue weighted by molar-refractivity contribution is 8.01. The topological polar surface area (TPSA) is 84.0 Å². The van der Waals surface area contributed by atoms with E-state index in [2.05, 4.69) is 34.7 Å². The first-order chi connectivity index (χ1) is 8.47. The predicted molar refractivity (Wildman–Crippen MR) is 72.8 cm³/mol. The first-order valence-corrected chi connectivity index (χ1v) is 7.28. The molecule has 0 radical (unpaired) electrons. The lowest BCUT2D eigenvalue weighted by Crippen LogP contribution is -2.29. The standard InChI is InChI=1S/C10H16N4O2S2/c1-6(2)4-11-9-13-14-10(18-9)17-5-8(16)12-7(3)15/h6H,4-5H2,1-3H3,(H,11,13)(H,12,15,16). The molecule has 0 atom stereocenters. The van der Waals surface area contributed by atoms with Crippen LogP contribution in [0.3, 0.4) is 0 Å². The molecule has 0 fully saturated rings. The number of thioether (sulfide) groups is 1. The summed E-state index contributed by atoms with van der Waals surface area (Å²) in [6.45, 7) is 6.36. The van der Waals surface area contributed by atoms with Gasteiger partial charge in [0.15, 0.2) is 4.34 Å². The first-order valence-electron chi connectivity index (χ1n) is 5.48. The first kappa shape index (κ1) is 14.9. The Balaban J connectivity index is 2.35. The Bertz CT molecular complexity index is 420. The quantitative estimate of drug-likeness (QED) is 0.769. The monoisotopic (exact) mass is 288 g/mol. The van der Waals surface area contributed by atoms with Crippen molar-refractivity contribution in [2.45, 2.75) is 25.1 Å². The molecular weight excluding hydrogens is 272 g/mol. The van der Waals surface area contributed by atoms with Crippen LogP contribution in [-0.4, -0.2) is 34.3 Å². The van der Waals surface area contributed by atoms with Gasteiger partial charge in [0.1, 0.15) is 0 Å². The normalized spacial score (nSPS) is 10.4. The Labute approximate surface area is 114 Å². The van der Waals surface area contributed by atoms with Gasteiger partial charge in [-0.25, -0.2) is 0 Å². The van der Waals surface area contributed by atoms with Gasteiger partial charge in [0.05, 0.1) is 5.75 Å². The molecule has 1 rings (SSSR count). The van der Waals surface area contributed by atoms with Crippen molar-refractivity contribution in [2.24, 2.45) is 5.92 Å². The number of hydrogen-bond acceptors (Lipinski definition) is 7. The molecule has 6 nitrogen and oxygen atoms in total. The molecule has 0 unspecified atom stereocenters. The summed E-state index contributed by atoms with van der Waals surface area (Å²) >= 11 is 2.67. The summed E-state index contributed by atoms with van der Waals surface area (Å²) in [5, 5.41) is 14.0. The minimum atomic E-state index is -0.350. The molecule has 0 aromatic carbocycles. The summed E-state index contributed by atoms with van der Waals surface area (Å²) in [5.41, 5.74) is 0. The summed E-state index contributed by atoms with van der Waals surface area (Å²) in [7, 11) is 0. The Morgan fingerprint density at radius 3 is 2.72 bits per heavy atom. The maximum absolute atomic E-state index is 11.2. The molecule has 0 saturated carbocycles. The maximum atomic E-state index is 11.2. The fourth-order valence-electron chi connectivity index (χ4n) is 0.991. The number of aromatic nitrogens is 2. The van der Waals surface area contributed by atoms with E-state index in [4.69, 9.17) is 0 Å². The molecule has 1 aromatic rings. The van der Waals surface area contributed by atoms with E-state index >= 15 is 0 Å². The molecule has 2 N–H and O–H groups in total. The Morgan fingerprint density at radius 1 is 1.39 bits per heavy atom. The Morgan fingerprint density at radius 2 is 2.11 bits per heavy atom. The summed E-state index contributed by atoms with van der Waals surface area (Å²) in [6.07, 6.45) is 0. The molecule has 0 aliphatic heterocycles. The zero-order chi connectivity index (χ0) is 13.5. The van der Waals surface area contributed by atoms with Gasteiger partial charge in [-0.1, -0.05) is 36.9 Å². The highest BCUT2D eigenvalue weighted by Crippen LogP contribution is 2.25. The second-order valence-corrected chi connectivity index (χ2v) is 6.24. The number of nitrogens with zero attached hydrogens (tertiary/aromatic N) is 2. The lowest BCUT2D eigenvalue weighted by Gasteiger charge is -2.03. The third-order valence-electron chi connectivity index (χ3n) is 1.71. The SMILES string of the molecule is CC(=O)NC(=O)CSc1nnc(NCC(C)C)s1. The molecule has 0 aliphatic rings. The van der Waals surface area contributed by atoms with Crippen molar-refractivity contribution in [3.05, 3.63) is 0 Å². The number of amides is 2. The van der Waals surface area contributed by atoms with Crippen LogP contribution in [0.2, 0.25) is 0 Å². The summed E-state index contributed by atoms with van der Waals surface area (Å²) in [4.78, 5) is 21.9. The second kappa shape index (κ2) is 7.32. The molecular formula is C10H16N4O2S2. The van der Waals surface area contributed by atoms with E-state index in [0.29, 0.717) is 10.3 Å². The van der Waals surface area contributed by atoms with Crippen molar-refractivity contribution in [2.75, 3.05) is 17.6 Å². The van der Waals surface area contributed by atoms with Crippen molar-refractivity contribution in [1.29, 1.82) is 0 Å². The van der Waals surface area contributed by atoms with E-state index in [0.717, 1.165) is 11.7 Å². The van der Waals surface area contributed by atoms with E-state index in [1.165, 1.54) is 30.0 Å². The van der Waals surface area contributed by atoms with Crippen molar-refractivity contribution in [3.8, 4) is 0 Å². The number of carbonyl (C=O) groups is 2. The van der Waals surface area contributed by atoms with Crippen LogP contribution in [0.15, 0.2) is 4.34 Å². The summed E-state index contributed by atoms with van der Waals surface area (Å²) in [6, 6.07) is 0. The fourth-order valence-corrected chi connectivity index (χ4v) is 2.55. The molecule has 8 heteroatoms. The molecule has 0 saturated heterocycles. The second-order valence-electron chi connectivity index (χ2n) is 4.04. The van der Waals surface area contributed by atoms with Crippen LogP contribution >= 0.6 is 23.1 Å². The zero-order valence-corrected chi connectivity index (χ0v) is 12.2. The van der Waals surface area contributed by atoms with Gasteiger partial charge in [-0.05, 0) is 5.92 Å². The molecule has 2 amide bonds. The number of imide groups is 1. The molecule has 0 aliphatic carbocycles. The number of hydrogen-bond donors (Lipinski definition) is 2. The van der Waals surface area contributed by atoms with Crippen LogP contribution in [0.1, 0.15) is 20.8 Å². The highest BCUT2D eigenvalue weighted by Gasteiger charge is 2.09. The molecule has 1 aromatic heterocycles. The van der Waals surface area contributed by atoms with E-state index in [1.54, 1.807) is 0 Å². The Kier molecular flexibility index (Phi) is 6.06. The maximum Gasteiger partial charge on any atom is 0.236 e. The fraction of sp³-hybridized carbons (Fsp3) is 0.600. The van der Waals surface area contributed by atoms with Gasteiger partial charge in [0, 0.05) is 13.5 Å². The van der Waals surface area contributed by atoms with E-state index in [1.807, 2.05) is 0 Å². The minimum absolute atomic E-state index is 0.165. The van der Waals surface area contributed by atoms with Crippen LogP contribution in [0, 0.1) is 5.92 Å². The molecule has 100 valence electrons. The number of anilines is 1. The van der Waals surface area contributed by atoms with Gasteiger partial charge in [-0.3, -0.25) is 14.9 Å². The average Bonchev–Trinajstić information content (AvgIpc) is 2.70. The van der Waals surface area contributed by atoms with E-state index in [9.17, 15) is 9.59 Å². The number of carbonyl (C=O) groups excluding carboxylic acids is 2. The third kappa shape index (κ3) is 5.97. The van der Waals surface area contributed by atoms with Gasteiger partial charge in [-0.15, -0.1) is 10.2 Å². The van der Waals surface area contributed by atoms with Crippen LogP contribution in [0.5, 0.6) is 0 Å². The highest BCUT2D eigenvalue weighted by atomic mass is 32.2. The third-order valence-corrected chi connectivity index (χ3v) is 3.72. The van der Waals surface area contributed by atoms with Gasteiger partial charge in [-0.2, -0.15) is 0 Å². The van der Waals surface area contributed by atoms with Gasteiger partial charge in [0.2, 0.25) is 16.9 Å². The smallest absolute Gasteiger partial charge is 0.236 e. The van der Waals surface area contributed by atoms with E-state index < -0.39 is 0 Å². The van der Waals surface area contributed by atoms with Crippen molar-refractivity contribution < 1.29 is 9.59 Å². The van der Waals surface area contributed by atoms with Gasteiger partial charge in [0.25, 0.3) is 0 Å². The predicted octanol–water partition coefficient (Wildman–Crippen LogP) is 1.36. The summed E-state index contributed by atoms with van der Waals surface area (Å²) in [5.74, 6) is 0.0289. The number of nitrogens with one attached hydrogen (secondary N) is 2. The van der Waals surface area contributed by atoms with Crippen LogP contribution < -0.4 is 10.6 Å². The average molecular weight is 288 g/mol. The van der Waals surface area contributed by atoms with Gasteiger partial charge >= 0.3 is 0 Å². The van der Waals surface area contributed by atoms with Crippen molar-refractivity contribution in [1.82, 2.24) is 15.5 Å². The number of rotatable bonds is 6. The van der Waals surface area contributed by atoms with Gasteiger partial charge < -0.3 is 5.32 Å². The molecule has 0 bridgehead atoms. The van der Waals surface area contributed by atoms with Crippen molar-refractivity contribution in [3.63, 3.8) is 0 Å². The van der Waals surface area contributed by atoms with Crippen LogP contribution in [0.25, 0.3) is 0 Å². The lowest BCUT2D eigenvalue weighted by atomic mass is 10.2. The van der Waals surface area contributed by atoms with E-state index in [-0.39, 0.29) is 17.6 Å².